The zero-order chi connectivity index (χ0) is 11.1. The maximum atomic E-state index is 5.48. The van der Waals surface area contributed by atoms with Crippen LogP contribution in [0.2, 0.25) is 0 Å². The van der Waals surface area contributed by atoms with Crippen LogP contribution in [0, 0.1) is 0 Å². The lowest BCUT2D eigenvalue weighted by Crippen LogP contribution is -2.13. The minimum Gasteiger partial charge on any atom is -0.368 e. The molecule has 0 radical (unpaired) electrons. The molecule has 0 atom stereocenters. The molecule has 0 aliphatic heterocycles. The van der Waals surface area contributed by atoms with Gasteiger partial charge in [-0.3, -0.25) is 0 Å². The van der Waals surface area contributed by atoms with Gasteiger partial charge in [0.15, 0.2) is 0 Å². The number of nitrogen functional groups attached to an aromatic ring is 1. The SMILES string of the molecule is COCNc1nc(N)nc(NCOC)n1. The van der Waals surface area contributed by atoms with Gasteiger partial charge in [0.05, 0.1) is 0 Å². The fraction of sp³-hybridized carbons (Fsp3) is 0.571. The summed E-state index contributed by atoms with van der Waals surface area (Å²) in [4.78, 5) is 11.8. The molecule has 0 spiro atoms. The Balaban J connectivity index is 2.66. The van der Waals surface area contributed by atoms with Crippen LogP contribution < -0.4 is 16.4 Å². The van der Waals surface area contributed by atoms with Crippen LogP contribution in [0.3, 0.4) is 0 Å². The average Bonchev–Trinajstić information content (AvgIpc) is 2.23. The first kappa shape index (κ1) is 11.4. The lowest BCUT2D eigenvalue weighted by molar-refractivity contribution is 0.219. The first-order valence-electron chi connectivity index (χ1n) is 4.23. The number of aromatic nitrogens is 3. The summed E-state index contributed by atoms with van der Waals surface area (Å²) in [6, 6.07) is 0. The Hall–Kier alpha value is -1.67. The highest BCUT2D eigenvalue weighted by Gasteiger charge is 2.02. The molecule has 0 aliphatic rings. The van der Waals surface area contributed by atoms with Crippen molar-refractivity contribution in [2.24, 2.45) is 0 Å². The van der Waals surface area contributed by atoms with Crippen molar-refractivity contribution in [3.05, 3.63) is 0 Å². The third-order valence-electron chi connectivity index (χ3n) is 1.40. The van der Waals surface area contributed by atoms with Gasteiger partial charge in [-0.15, -0.1) is 0 Å². The lowest BCUT2D eigenvalue weighted by atomic mass is 10.8. The third kappa shape index (κ3) is 3.92. The predicted molar refractivity (Wildman–Crippen MR) is 55.2 cm³/mol. The van der Waals surface area contributed by atoms with Crippen LogP contribution in [0.5, 0.6) is 0 Å². The fourth-order valence-corrected chi connectivity index (χ4v) is 0.824. The van der Waals surface area contributed by atoms with Crippen molar-refractivity contribution >= 4 is 17.8 Å². The number of nitrogens with zero attached hydrogens (tertiary/aromatic N) is 3. The standard InChI is InChI=1S/C7H14N6O2/c1-14-3-9-6-11-5(8)12-7(13-6)10-4-15-2/h3-4H2,1-2H3,(H4,8,9,10,11,12,13). The molecule has 1 aromatic rings. The van der Waals surface area contributed by atoms with Crippen LogP contribution in [0.1, 0.15) is 0 Å². The molecule has 1 aromatic heterocycles. The van der Waals surface area contributed by atoms with Gasteiger partial charge >= 0.3 is 0 Å². The fourth-order valence-electron chi connectivity index (χ4n) is 0.824. The minimum absolute atomic E-state index is 0.127. The summed E-state index contributed by atoms with van der Waals surface area (Å²) in [5.41, 5.74) is 5.48. The van der Waals surface area contributed by atoms with E-state index in [1.807, 2.05) is 0 Å². The Morgan fingerprint density at radius 3 is 1.87 bits per heavy atom. The van der Waals surface area contributed by atoms with Gasteiger partial charge in [-0.2, -0.15) is 15.0 Å². The molecule has 8 heteroatoms. The monoisotopic (exact) mass is 214 g/mol. The van der Waals surface area contributed by atoms with Gasteiger partial charge in [0, 0.05) is 14.2 Å². The number of nitrogens with two attached hydrogens (primary N) is 1. The molecule has 1 heterocycles. The maximum absolute atomic E-state index is 5.48. The zero-order valence-electron chi connectivity index (χ0n) is 8.65. The summed E-state index contributed by atoms with van der Waals surface area (Å²) < 4.78 is 9.62. The number of nitrogens with one attached hydrogen (secondary N) is 2. The van der Waals surface area contributed by atoms with Gasteiger partial charge in [0.25, 0.3) is 0 Å². The summed E-state index contributed by atoms with van der Waals surface area (Å²) in [5.74, 6) is 0.827. The van der Waals surface area contributed by atoms with Crippen LogP contribution in [0.15, 0.2) is 0 Å². The topological polar surface area (TPSA) is 107 Å². The Bertz CT molecular complexity index is 281. The number of hydrogen-bond donors (Lipinski definition) is 3. The molecule has 0 saturated carbocycles. The van der Waals surface area contributed by atoms with Crippen molar-refractivity contribution in [1.82, 2.24) is 15.0 Å². The Labute approximate surface area is 87.2 Å². The second-order valence-electron chi connectivity index (χ2n) is 2.56. The molecule has 4 N–H and O–H groups in total. The van der Waals surface area contributed by atoms with Crippen molar-refractivity contribution in [1.29, 1.82) is 0 Å². The van der Waals surface area contributed by atoms with Gasteiger partial charge < -0.3 is 25.8 Å². The molecule has 0 bridgehead atoms. The van der Waals surface area contributed by atoms with E-state index < -0.39 is 0 Å². The van der Waals surface area contributed by atoms with E-state index in [0.717, 1.165) is 0 Å². The number of methoxy groups -OCH3 is 2. The molecule has 0 amide bonds. The Kier molecular flexibility index (Phi) is 4.51. The Morgan fingerprint density at radius 1 is 1.00 bits per heavy atom. The maximum Gasteiger partial charge on any atom is 0.231 e. The molecule has 15 heavy (non-hydrogen) atoms. The van der Waals surface area contributed by atoms with Crippen molar-refractivity contribution < 1.29 is 9.47 Å². The predicted octanol–water partition coefficient (Wildman–Crippen LogP) is -0.515. The highest BCUT2D eigenvalue weighted by atomic mass is 16.5. The second kappa shape index (κ2) is 5.94. The molecule has 0 unspecified atom stereocenters. The quantitative estimate of drug-likeness (QED) is 0.543. The van der Waals surface area contributed by atoms with Crippen molar-refractivity contribution in [3.63, 3.8) is 0 Å². The highest BCUT2D eigenvalue weighted by molar-refractivity contribution is 5.39. The molecular formula is C7H14N6O2. The van der Waals surface area contributed by atoms with Crippen LogP contribution in [0.25, 0.3) is 0 Å². The van der Waals surface area contributed by atoms with Crippen molar-refractivity contribution in [3.8, 4) is 0 Å². The first-order chi connectivity index (χ1) is 7.26. The van der Waals surface area contributed by atoms with Crippen molar-refractivity contribution in [2.45, 2.75) is 0 Å². The first-order valence-corrected chi connectivity index (χ1v) is 4.23. The molecule has 1 rings (SSSR count). The van der Waals surface area contributed by atoms with E-state index in [2.05, 4.69) is 25.6 Å². The normalized spacial score (nSPS) is 10.0. The van der Waals surface area contributed by atoms with E-state index in [4.69, 9.17) is 15.2 Å². The van der Waals surface area contributed by atoms with E-state index in [1.165, 1.54) is 0 Å². The third-order valence-corrected chi connectivity index (χ3v) is 1.40. The van der Waals surface area contributed by atoms with E-state index in [-0.39, 0.29) is 5.95 Å². The van der Waals surface area contributed by atoms with E-state index in [0.29, 0.717) is 25.4 Å². The van der Waals surface area contributed by atoms with E-state index in [1.54, 1.807) is 14.2 Å². The second-order valence-corrected chi connectivity index (χ2v) is 2.56. The molecule has 0 aromatic carbocycles. The molecular weight excluding hydrogens is 200 g/mol. The lowest BCUT2D eigenvalue weighted by Gasteiger charge is -2.07. The Morgan fingerprint density at radius 2 is 1.47 bits per heavy atom. The molecule has 84 valence electrons. The summed E-state index contributed by atoms with van der Waals surface area (Å²) >= 11 is 0. The van der Waals surface area contributed by atoms with Gasteiger partial charge in [-0.1, -0.05) is 0 Å². The largest absolute Gasteiger partial charge is 0.368 e. The van der Waals surface area contributed by atoms with Gasteiger partial charge in [0.2, 0.25) is 17.8 Å². The van der Waals surface area contributed by atoms with Gasteiger partial charge in [-0.05, 0) is 0 Å². The minimum atomic E-state index is 0.127. The van der Waals surface area contributed by atoms with Crippen LogP contribution in [-0.2, 0) is 9.47 Å². The van der Waals surface area contributed by atoms with Crippen LogP contribution in [0.4, 0.5) is 17.8 Å². The molecule has 0 fully saturated rings. The molecule has 0 aliphatic carbocycles. The summed E-state index contributed by atoms with van der Waals surface area (Å²) in [6.07, 6.45) is 0. The van der Waals surface area contributed by atoms with E-state index in [9.17, 15) is 0 Å². The summed E-state index contributed by atoms with van der Waals surface area (Å²) in [5, 5.41) is 5.61. The van der Waals surface area contributed by atoms with Crippen LogP contribution in [-0.4, -0.2) is 42.6 Å². The highest BCUT2D eigenvalue weighted by Crippen LogP contribution is 2.05. The number of rotatable bonds is 6. The van der Waals surface area contributed by atoms with Crippen LogP contribution >= 0.6 is 0 Å². The number of anilines is 3. The van der Waals surface area contributed by atoms with Gasteiger partial charge in [0.1, 0.15) is 13.5 Å². The molecule has 0 saturated heterocycles. The summed E-state index contributed by atoms with van der Waals surface area (Å²) in [7, 11) is 3.11. The number of hydrogen-bond acceptors (Lipinski definition) is 8. The summed E-state index contributed by atoms with van der Waals surface area (Å²) in [6.45, 7) is 0.598. The zero-order valence-corrected chi connectivity index (χ0v) is 8.65. The average molecular weight is 214 g/mol. The van der Waals surface area contributed by atoms with E-state index >= 15 is 0 Å². The smallest absolute Gasteiger partial charge is 0.231 e. The molecule has 8 nitrogen and oxygen atoms in total. The van der Waals surface area contributed by atoms with Crippen molar-refractivity contribution in [2.75, 3.05) is 44.0 Å². The van der Waals surface area contributed by atoms with Gasteiger partial charge in [-0.25, -0.2) is 0 Å². The number of ether oxygens (including phenoxy) is 2.